The van der Waals surface area contributed by atoms with Crippen LogP contribution in [-0.2, 0) is 14.8 Å². The number of sulfonamides is 1. The van der Waals surface area contributed by atoms with Gasteiger partial charge in [-0.1, -0.05) is 48.5 Å². The normalized spacial score (nSPS) is 15.7. The van der Waals surface area contributed by atoms with E-state index in [-0.39, 0.29) is 10.9 Å². The number of nitrogens with zero attached hydrogens (tertiary/aromatic N) is 4. The van der Waals surface area contributed by atoms with Gasteiger partial charge in [0, 0.05) is 35.5 Å². The van der Waals surface area contributed by atoms with Crippen molar-refractivity contribution >= 4 is 33.4 Å². The van der Waals surface area contributed by atoms with Gasteiger partial charge in [-0.15, -0.1) is 10.2 Å². The third-order valence-corrected chi connectivity index (χ3v) is 8.81. The summed E-state index contributed by atoms with van der Waals surface area (Å²) in [5, 5.41) is 10.3. The summed E-state index contributed by atoms with van der Waals surface area (Å²) in [5.74, 6) is 2.05. The molecule has 1 aliphatic heterocycles. The minimum Gasteiger partial charge on any atom is -0.493 e. The molecule has 1 aromatic heterocycles. The van der Waals surface area contributed by atoms with Gasteiger partial charge in [0.25, 0.3) is 0 Å². The molecule has 4 rings (SSSR count). The second-order valence-electron chi connectivity index (χ2n) is 8.13. The Balaban J connectivity index is 1.53. The summed E-state index contributed by atoms with van der Waals surface area (Å²) in [6.07, 6.45) is 0.878. The Hall–Kier alpha value is -2.11. The largest absolute Gasteiger partial charge is 0.493 e. The highest BCUT2D eigenvalue weighted by molar-refractivity contribution is 7.99. The van der Waals surface area contributed by atoms with Crippen LogP contribution in [0.2, 0.25) is 5.02 Å². The molecule has 1 unspecified atom stereocenters. The van der Waals surface area contributed by atoms with Crippen LogP contribution in [-0.4, -0.2) is 66.2 Å². The Bertz CT molecular complexity index is 1250. The zero-order valence-electron chi connectivity index (χ0n) is 19.8. The van der Waals surface area contributed by atoms with E-state index in [1.54, 1.807) is 42.1 Å². The molecule has 3 aromatic rings. The SMILES string of the molecule is CCC(C)n1c(SCCOc2cccc(Cl)c2)nnc1-c1cccc(S(=O)(=O)N2CCOCC2)c1. The fourth-order valence-electron chi connectivity index (χ4n) is 3.73. The van der Waals surface area contributed by atoms with E-state index in [0.29, 0.717) is 55.1 Å². The van der Waals surface area contributed by atoms with Gasteiger partial charge in [0.15, 0.2) is 11.0 Å². The molecule has 35 heavy (non-hydrogen) atoms. The first-order valence-electron chi connectivity index (χ1n) is 11.5. The van der Waals surface area contributed by atoms with Crippen molar-refractivity contribution in [3.8, 4) is 17.1 Å². The van der Waals surface area contributed by atoms with Crippen LogP contribution in [0.4, 0.5) is 0 Å². The quantitative estimate of drug-likeness (QED) is 0.273. The molecule has 0 bridgehead atoms. The van der Waals surface area contributed by atoms with Crippen LogP contribution in [0, 0.1) is 0 Å². The van der Waals surface area contributed by atoms with E-state index in [4.69, 9.17) is 21.1 Å². The molecule has 0 N–H and O–H groups in total. The Morgan fingerprint density at radius 1 is 1.14 bits per heavy atom. The smallest absolute Gasteiger partial charge is 0.243 e. The summed E-state index contributed by atoms with van der Waals surface area (Å²) in [5.41, 5.74) is 0.717. The first-order valence-corrected chi connectivity index (χ1v) is 14.3. The molecule has 1 atom stereocenters. The van der Waals surface area contributed by atoms with Gasteiger partial charge < -0.3 is 9.47 Å². The van der Waals surface area contributed by atoms with E-state index in [0.717, 1.165) is 17.3 Å². The molecule has 8 nitrogen and oxygen atoms in total. The lowest BCUT2D eigenvalue weighted by atomic mass is 10.2. The lowest BCUT2D eigenvalue weighted by molar-refractivity contribution is 0.0730. The standard InChI is InChI=1S/C24H29ClN4O4S2/c1-3-18(2)29-23(26-27-24(29)34-15-14-33-21-8-5-7-20(25)17-21)19-6-4-9-22(16-19)35(30,31)28-10-12-32-13-11-28/h4-9,16-18H,3,10-15H2,1-2H3. The molecule has 0 aliphatic carbocycles. The Labute approximate surface area is 215 Å². The first-order chi connectivity index (χ1) is 16.9. The predicted octanol–water partition coefficient (Wildman–Crippen LogP) is 4.76. The molecule has 188 valence electrons. The van der Waals surface area contributed by atoms with Crippen molar-refractivity contribution in [3.63, 3.8) is 0 Å². The summed E-state index contributed by atoms with van der Waals surface area (Å²) in [4.78, 5) is 0.250. The number of benzene rings is 2. The van der Waals surface area contributed by atoms with Crippen LogP contribution in [0.3, 0.4) is 0 Å². The molecule has 0 amide bonds. The maximum absolute atomic E-state index is 13.2. The van der Waals surface area contributed by atoms with E-state index >= 15 is 0 Å². The Morgan fingerprint density at radius 3 is 2.66 bits per heavy atom. The highest BCUT2D eigenvalue weighted by Crippen LogP contribution is 2.31. The van der Waals surface area contributed by atoms with E-state index in [1.807, 2.05) is 18.2 Å². The molecule has 11 heteroatoms. The summed E-state index contributed by atoms with van der Waals surface area (Å²) in [6, 6.07) is 14.4. The third-order valence-electron chi connectivity index (χ3n) is 5.78. The maximum Gasteiger partial charge on any atom is 0.243 e. The minimum absolute atomic E-state index is 0.135. The monoisotopic (exact) mass is 536 g/mol. The van der Waals surface area contributed by atoms with Gasteiger partial charge in [0.2, 0.25) is 10.0 Å². The highest BCUT2D eigenvalue weighted by Gasteiger charge is 2.27. The van der Waals surface area contributed by atoms with Crippen molar-refractivity contribution in [1.29, 1.82) is 0 Å². The zero-order chi connectivity index (χ0) is 24.8. The van der Waals surface area contributed by atoms with Crippen LogP contribution in [0.25, 0.3) is 11.4 Å². The van der Waals surface area contributed by atoms with E-state index in [1.165, 1.54) is 4.31 Å². The third kappa shape index (κ3) is 6.18. The van der Waals surface area contributed by atoms with Crippen LogP contribution < -0.4 is 4.74 Å². The lowest BCUT2D eigenvalue weighted by Gasteiger charge is -2.26. The molecule has 0 saturated carbocycles. The molecular formula is C24H29ClN4O4S2. The molecule has 1 fully saturated rings. The first kappa shape index (κ1) is 26.0. The average molecular weight is 537 g/mol. The van der Waals surface area contributed by atoms with Crippen molar-refractivity contribution in [2.75, 3.05) is 38.7 Å². The fourth-order valence-corrected chi connectivity index (χ4v) is 6.22. The fraction of sp³-hybridized carbons (Fsp3) is 0.417. The van der Waals surface area contributed by atoms with Crippen molar-refractivity contribution < 1.29 is 17.9 Å². The van der Waals surface area contributed by atoms with Crippen LogP contribution in [0.1, 0.15) is 26.3 Å². The number of morpholine rings is 1. The number of rotatable bonds is 10. The van der Waals surface area contributed by atoms with E-state index in [2.05, 4.69) is 28.6 Å². The Kier molecular flexibility index (Phi) is 8.72. The molecule has 2 heterocycles. The molecule has 2 aromatic carbocycles. The molecule has 0 spiro atoms. The van der Waals surface area contributed by atoms with Gasteiger partial charge in [-0.2, -0.15) is 4.31 Å². The number of ether oxygens (including phenoxy) is 2. The number of hydrogen-bond donors (Lipinski definition) is 0. The molecule has 1 saturated heterocycles. The van der Waals surface area contributed by atoms with Crippen molar-refractivity contribution in [2.24, 2.45) is 0 Å². The summed E-state index contributed by atoms with van der Waals surface area (Å²) in [6.45, 7) is 6.21. The number of aromatic nitrogens is 3. The number of hydrogen-bond acceptors (Lipinski definition) is 7. The van der Waals surface area contributed by atoms with Crippen molar-refractivity contribution in [1.82, 2.24) is 19.1 Å². The van der Waals surface area contributed by atoms with Gasteiger partial charge in [-0.05, 0) is 43.7 Å². The van der Waals surface area contributed by atoms with Gasteiger partial charge >= 0.3 is 0 Å². The number of thioether (sulfide) groups is 1. The summed E-state index contributed by atoms with van der Waals surface area (Å²) in [7, 11) is -3.61. The topological polar surface area (TPSA) is 86.5 Å². The maximum atomic E-state index is 13.2. The van der Waals surface area contributed by atoms with Gasteiger partial charge in [-0.25, -0.2) is 8.42 Å². The molecule has 1 aliphatic rings. The molecular weight excluding hydrogens is 508 g/mol. The summed E-state index contributed by atoms with van der Waals surface area (Å²) >= 11 is 7.57. The van der Waals surface area contributed by atoms with Crippen molar-refractivity contribution in [2.45, 2.75) is 36.4 Å². The van der Waals surface area contributed by atoms with Gasteiger partial charge in [-0.3, -0.25) is 4.57 Å². The van der Waals surface area contributed by atoms with E-state index in [9.17, 15) is 8.42 Å². The van der Waals surface area contributed by atoms with E-state index < -0.39 is 10.0 Å². The van der Waals surface area contributed by atoms with Crippen LogP contribution in [0.15, 0.2) is 58.6 Å². The Morgan fingerprint density at radius 2 is 1.91 bits per heavy atom. The van der Waals surface area contributed by atoms with Gasteiger partial charge in [0.05, 0.1) is 24.7 Å². The second kappa shape index (κ2) is 11.7. The lowest BCUT2D eigenvalue weighted by Crippen LogP contribution is -2.40. The van der Waals surface area contributed by atoms with Crippen LogP contribution >= 0.6 is 23.4 Å². The van der Waals surface area contributed by atoms with Gasteiger partial charge in [0.1, 0.15) is 5.75 Å². The zero-order valence-corrected chi connectivity index (χ0v) is 22.2. The number of halogens is 1. The summed E-state index contributed by atoms with van der Waals surface area (Å²) < 4.78 is 41.0. The predicted molar refractivity (Wildman–Crippen MR) is 138 cm³/mol. The van der Waals surface area contributed by atoms with Crippen LogP contribution in [0.5, 0.6) is 5.75 Å². The average Bonchev–Trinajstić information content (AvgIpc) is 3.31. The van der Waals surface area contributed by atoms with Crippen molar-refractivity contribution in [3.05, 3.63) is 53.6 Å². The minimum atomic E-state index is -3.61. The highest BCUT2D eigenvalue weighted by atomic mass is 35.5. The molecule has 0 radical (unpaired) electrons. The second-order valence-corrected chi connectivity index (χ2v) is 11.6.